The van der Waals surface area contributed by atoms with Gasteiger partial charge in [0.25, 0.3) is 0 Å². The summed E-state index contributed by atoms with van der Waals surface area (Å²) in [5.74, 6) is 0.865. The normalized spacial score (nSPS) is 18.5. The second kappa shape index (κ2) is 9.26. The molecule has 2 atom stereocenters. The lowest BCUT2D eigenvalue weighted by atomic mass is 10.0. The molecule has 0 spiro atoms. The Hall–Kier alpha value is -3.94. The molecule has 186 valence electrons. The first-order chi connectivity index (χ1) is 17.2. The van der Waals surface area contributed by atoms with Gasteiger partial charge in [0.15, 0.2) is 5.65 Å². The average molecular weight is 485 g/mol. The van der Waals surface area contributed by atoms with Crippen molar-refractivity contribution in [3.05, 3.63) is 67.4 Å². The van der Waals surface area contributed by atoms with E-state index in [2.05, 4.69) is 46.6 Å². The van der Waals surface area contributed by atoms with E-state index in [-0.39, 0.29) is 18.2 Å². The number of pyridine rings is 1. The summed E-state index contributed by atoms with van der Waals surface area (Å²) in [6.07, 6.45) is 7.06. The van der Waals surface area contributed by atoms with Crippen molar-refractivity contribution < 1.29 is 9.53 Å². The summed E-state index contributed by atoms with van der Waals surface area (Å²) in [5.41, 5.74) is 3.37. The number of amides is 1. The fraction of sp³-hybridized carbons (Fsp3) is 0.357. The molecule has 4 aromatic rings. The van der Waals surface area contributed by atoms with Crippen LogP contribution in [0.5, 0.6) is 0 Å². The minimum absolute atomic E-state index is 0.0391. The van der Waals surface area contributed by atoms with Gasteiger partial charge in [-0.3, -0.25) is 9.55 Å². The van der Waals surface area contributed by atoms with Gasteiger partial charge in [-0.15, -0.1) is 0 Å². The molecular formula is C28H32N6O2. The van der Waals surface area contributed by atoms with Crippen LogP contribution in [-0.2, 0) is 4.74 Å². The fourth-order valence-electron chi connectivity index (χ4n) is 4.79. The van der Waals surface area contributed by atoms with Gasteiger partial charge in [0.05, 0.1) is 17.3 Å². The largest absolute Gasteiger partial charge is 0.444 e. The van der Waals surface area contributed by atoms with Gasteiger partial charge in [0.2, 0.25) is 0 Å². The molecule has 0 radical (unpaired) electrons. The summed E-state index contributed by atoms with van der Waals surface area (Å²) in [5, 5.41) is 0.984. The number of fused-ring (bicyclic) bond motifs is 1. The van der Waals surface area contributed by atoms with Crippen LogP contribution in [0, 0.1) is 0 Å². The summed E-state index contributed by atoms with van der Waals surface area (Å²) in [6, 6.07) is 14.2. The number of carbonyl (C=O) groups excluding carboxylic acids is 1. The average Bonchev–Trinajstić information content (AvgIpc) is 3.25. The maximum absolute atomic E-state index is 12.9. The van der Waals surface area contributed by atoms with E-state index in [1.54, 1.807) is 12.5 Å². The highest BCUT2D eigenvalue weighted by Crippen LogP contribution is 2.38. The number of hydrogen-bond acceptors (Lipinski definition) is 6. The number of rotatable bonds is 3. The highest BCUT2D eigenvalue weighted by atomic mass is 16.6. The molecule has 8 heteroatoms. The molecule has 1 fully saturated rings. The molecule has 0 bridgehead atoms. The molecule has 1 aliphatic rings. The van der Waals surface area contributed by atoms with Crippen molar-refractivity contribution >= 4 is 22.9 Å². The predicted molar refractivity (Wildman–Crippen MR) is 141 cm³/mol. The van der Waals surface area contributed by atoms with Gasteiger partial charge in [-0.2, -0.15) is 0 Å². The molecule has 3 aromatic heterocycles. The van der Waals surface area contributed by atoms with Crippen LogP contribution in [0.4, 0.5) is 10.6 Å². The lowest BCUT2D eigenvalue weighted by molar-refractivity contribution is 0.0130. The Morgan fingerprint density at radius 2 is 1.78 bits per heavy atom. The van der Waals surface area contributed by atoms with E-state index in [0.717, 1.165) is 33.7 Å². The minimum atomic E-state index is -0.532. The summed E-state index contributed by atoms with van der Waals surface area (Å²) >= 11 is 0. The minimum Gasteiger partial charge on any atom is -0.444 e. The molecule has 36 heavy (non-hydrogen) atoms. The van der Waals surface area contributed by atoms with E-state index in [4.69, 9.17) is 14.7 Å². The van der Waals surface area contributed by atoms with Gasteiger partial charge in [-0.25, -0.2) is 14.8 Å². The Kier molecular flexibility index (Phi) is 6.12. The number of hydrogen-bond donors (Lipinski definition) is 0. The van der Waals surface area contributed by atoms with Gasteiger partial charge < -0.3 is 14.5 Å². The molecule has 1 saturated heterocycles. The number of aromatic nitrogens is 4. The Morgan fingerprint density at radius 3 is 2.47 bits per heavy atom. The summed E-state index contributed by atoms with van der Waals surface area (Å²) < 4.78 is 7.74. The number of piperazine rings is 1. The zero-order chi connectivity index (χ0) is 25.4. The number of nitrogens with zero attached hydrogens (tertiary/aromatic N) is 6. The zero-order valence-electron chi connectivity index (χ0n) is 21.4. The first-order valence-electron chi connectivity index (χ1n) is 12.3. The van der Waals surface area contributed by atoms with Crippen LogP contribution in [0.1, 0.15) is 34.6 Å². The highest BCUT2D eigenvalue weighted by Gasteiger charge is 2.36. The third-order valence-electron chi connectivity index (χ3n) is 6.46. The predicted octanol–water partition coefficient (Wildman–Crippen LogP) is 5.32. The monoisotopic (exact) mass is 484 g/mol. The molecule has 4 heterocycles. The molecule has 8 nitrogen and oxygen atoms in total. The van der Waals surface area contributed by atoms with Crippen molar-refractivity contribution in [1.82, 2.24) is 24.4 Å². The van der Waals surface area contributed by atoms with Crippen LogP contribution in [0.25, 0.3) is 27.8 Å². The highest BCUT2D eigenvalue weighted by molar-refractivity contribution is 6.02. The standard InChI is InChI=1S/C28H32N6O2/c1-19-16-33(27(35)36-28(3,4)5)20(2)15-32(19)25-24-23(21-10-7-6-8-11-21)17-34(26(24)31-18-30-25)22-12-9-13-29-14-22/h6-14,17-20H,15-16H2,1-5H3/t19-,20+/m0/s1. The molecule has 0 N–H and O–H groups in total. The van der Waals surface area contributed by atoms with Gasteiger partial charge in [0.1, 0.15) is 17.7 Å². The Balaban J connectivity index is 1.59. The van der Waals surface area contributed by atoms with Crippen molar-refractivity contribution in [2.45, 2.75) is 52.3 Å². The van der Waals surface area contributed by atoms with Crippen LogP contribution in [0.3, 0.4) is 0 Å². The maximum Gasteiger partial charge on any atom is 0.410 e. The van der Waals surface area contributed by atoms with Crippen molar-refractivity contribution in [3.8, 4) is 16.8 Å². The van der Waals surface area contributed by atoms with Crippen molar-refractivity contribution in [2.75, 3.05) is 18.0 Å². The molecule has 1 aliphatic heterocycles. The molecule has 0 unspecified atom stereocenters. The number of ether oxygens (including phenoxy) is 1. The molecule has 1 amide bonds. The Bertz CT molecular complexity index is 1360. The van der Waals surface area contributed by atoms with E-state index in [1.165, 1.54) is 0 Å². The zero-order valence-corrected chi connectivity index (χ0v) is 21.4. The topological polar surface area (TPSA) is 76.4 Å². The molecule has 0 aliphatic carbocycles. The van der Waals surface area contributed by atoms with Gasteiger partial charge in [-0.1, -0.05) is 30.3 Å². The van der Waals surface area contributed by atoms with Crippen LogP contribution < -0.4 is 4.90 Å². The van der Waals surface area contributed by atoms with Crippen molar-refractivity contribution in [1.29, 1.82) is 0 Å². The second-order valence-electron chi connectivity index (χ2n) is 10.4. The summed E-state index contributed by atoms with van der Waals surface area (Å²) in [7, 11) is 0. The number of benzene rings is 1. The Morgan fingerprint density at radius 1 is 1.00 bits per heavy atom. The van der Waals surface area contributed by atoms with E-state index >= 15 is 0 Å². The first-order valence-corrected chi connectivity index (χ1v) is 12.3. The van der Waals surface area contributed by atoms with Crippen LogP contribution in [0.2, 0.25) is 0 Å². The third-order valence-corrected chi connectivity index (χ3v) is 6.46. The van der Waals surface area contributed by atoms with Crippen LogP contribution in [-0.4, -0.2) is 61.3 Å². The lowest BCUT2D eigenvalue weighted by Gasteiger charge is -2.44. The van der Waals surface area contributed by atoms with Gasteiger partial charge in [-0.05, 0) is 52.3 Å². The molecule has 0 saturated carbocycles. The van der Waals surface area contributed by atoms with Gasteiger partial charge in [0, 0.05) is 43.1 Å². The quantitative estimate of drug-likeness (QED) is 0.392. The van der Waals surface area contributed by atoms with E-state index in [0.29, 0.717) is 13.1 Å². The number of anilines is 1. The summed E-state index contributed by atoms with van der Waals surface area (Å²) in [4.78, 5) is 30.8. The Labute approximate surface area is 211 Å². The van der Waals surface area contributed by atoms with Crippen LogP contribution >= 0.6 is 0 Å². The SMILES string of the molecule is C[C@@H]1CN(c2ncnc3c2c(-c2ccccc2)cn3-c2cccnc2)[C@@H](C)CN1C(=O)OC(C)(C)C. The maximum atomic E-state index is 12.9. The lowest BCUT2D eigenvalue weighted by Crippen LogP contribution is -2.59. The van der Waals surface area contributed by atoms with Crippen molar-refractivity contribution in [3.63, 3.8) is 0 Å². The molecule has 1 aromatic carbocycles. The van der Waals surface area contributed by atoms with Crippen LogP contribution in [0.15, 0.2) is 67.4 Å². The van der Waals surface area contributed by atoms with Crippen molar-refractivity contribution in [2.24, 2.45) is 0 Å². The van der Waals surface area contributed by atoms with E-state index in [9.17, 15) is 4.79 Å². The van der Waals surface area contributed by atoms with E-state index < -0.39 is 5.60 Å². The fourth-order valence-corrected chi connectivity index (χ4v) is 4.79. The van der Waals surface area contributed by atoms with Gasteiger partial charge >= 0.3 is 6.09 Å². The molecular weight excluding hydrogens is 452 g/mol. The number of carbonyl (C=O) groups is 1. The summed E-state index contributed by atoms with van der Waals surface area (Å²) in [6.45, 7) is 11.0. The second-order valence-corrected chi connectivity index (χ2v) is 10.4. The van der Waals surface area contributed by atoms with E-state index in [1.807, 2.05) is 62.2 Å². The smallest absolute Gasteiger partial charge is 0.410 e. The molecule has 5 rings (SSSR count). The third kappa shape index (κ3) is 4.51. The first kappa shape index (κ1) is 23.8.